The average Bonchev–Trinajstić information content (AvgIpc) is 2.72. The maximum atomic E-state index is 9.76. The molecule has 3 rings (SSSR count). The molecule has 0 amide bonds. The number of methoxy groups -OCH3 is 2. The summed E-state index contributed by atoms with van der Waals surface area (Å²) in [7, 11) is 3.25. The summed E-state index contributed by atoms with van der Waals surface area (Å²) >= 11 is 0. The fourth-order valence-corrected chi connectivity index (χ4v) is 2.56. The van der Waals surface area contributed by atoms with Crippen molar-refractivity contribution < 1.29 is 14.6 Å². The Morgan fingerprint density at radius 3 is 2.15 bits per heavy atom. The number of hydrogen-bond acceptors (Lipinski definition) is 4. The van der Waals surface area contributed by atoms with Crippen LogP contribution in [0.5, 0.6) is 17.2 Å². The Balaban J connectivity index is 1.70. The molecule has 0 fully saturated rings. The molecule has 0 radical (unpaired) electrons. The highest BCUT2D eigenvalue weighted by Gasteiger charge is 2.02. The van der Waals surface area contributed by atoms with E-state index in [1.807, 2.05) is 66.7 Å². The third kappa shape index (κ3) is 4.76. The molecule has 3 aromatic rings. The van der Waals surface area contributed by atoms with Crippen molar-refractivity contribution in [2.75, 3.05) is 14.2 Å². The molecule has 0 aromatic heterocycles. The summed E-state index contributed by atoms with van der Waals surface area (Å²) in [6.45, 7) is 0. The molecule has 0 aliphatic heterocycles. The van der Waals surface area contributed by atoms with Crippen molar-refractivity contribution in [3.8, 4) is 17.2 Å². The number of aliphatic imine (C=N–C) groups is 1. The van der Waals surface area contributed by atoms with Crippen molar-refractivity contribution in [1.82, 2.24) is 0 Å². The predicted octanol–water partition coefficient (Wildman–Crippen LogP) is 5.33. The summed E-state index contributed by atoms with van der Waals surface area (Å²) in [5.74, 6) is 1.63. The van der Waals surface area contributed by atoms with E-state index in [1.165, 1.54) is 0 Å². The Labute approximate surface area is 159 Å². The summed E-state index contributed by atoms with van der Waals surface area (Å²) in [5, 5.41) is 9.76. The van der Waals surface area contributed by atoms with Gasteiger partial charge in [0.05, 0.1) is 19.9 Å². The number of rotatable bonds is 6. The van der Waals surface area contributed by atoms with Crippen molar-refractivity contribution in [3.05, 3.63) is 83.4 Å². The zero-order valence-electron chi connectivity index (χ0n) is 15.3. The first-order chi connectivity index (χ1) is 13.2. The van der Waals surface area contributed by atoms with E-state index in [0.717, 1.165) is 16.8 Å². The van der Waals surface area contributed by atoms with Crippen LogP contribution in [0, 0.1) is 0 Å². The van der Waals surface area contributed by atoms with Crippen LogP contribution in [0.3, 0.4) is 0 Å². The second-order valence-corrected chi connectivity index (χ2v) is 5.86. The molecule has 27 heavy (non-hydrogen) atoms. The molecule has 4 heteroatoms. The van der Waals surface area contributed by atoms with Crippen LogP contribution in [0.15, 0.2) is 71.7 Å². The number of para-hydroxylation sites is 1. The highest BCUT2D eigenvalue weighted by atomic mass is 16.5. The van der Waals surface area contributed by atoms with Gasteiger partial charge in [0.25, 0.3) is 0 Å². The molecule has 0 aliphatic rings. The van der Waals surface area contributed by atoms with E-state index in [2.05, 4.69) is 4.99 Å². The number of aromatic hydroxyl groups is 1. The van der Waals surface area contributed by atoms with E-state index in [4.69, 9.17) is 9.47 Å². The predicted molar refractivity (Wildman–Crippen MR) is 110 cm³/mol. The van der Waals surface area contributed by atoms with Crippen LogP contribution in [-0.2, 0) is 0 Å². The van der Waals surface area contributed by atoms with E-state index in [9.17, 15) is 5.11 Å². The molecule has 1 N–H and O–H groups in total. The zero-order chi connectivity index (χ0) is 19.1. The summed E-state index contributed by atoms with van der Waals surface area (Å²) < 4.78 is 10.6. The number of benzene rings is 3. The van der Waals surface area contributed by atoms with Gasteiger partial charge in [-0.25, -0.2) is 0 Å². The van der Waals surface area contributed by atoms with Gasteiger partial charge < -0.3 is 14.6 Å². The molecule has 0 atom stereocenters. The SMILES string of the molecule is COc1ccc(/C=C/c2ccc(N=Cc3ccccc3O)cc2)cc1OC. The molecule has 0 aliphatic carbocycles. The lowest BCUT2D eigenvalue weighted by atomic mass is 10.1. The minimum absolute atomic E-state index is 0.218. The number of phenolic OH excluding ortho intramolecular Hbond substituents is 1. The smallest absolute Gasteiger partial charge is 0.161 e. The molecule has 0 heterocycles. The summed E-state index contributed by atoms with van der Waals surface area (Å²) in [4.78, 5) is 4.40. The van der Waals surface area contributed by atoms with Gasteiger partial charge in [0.15, 0.2) is 11.5 Å². The van der Waals surface area contributed by atoms with Crippen molar-refractivity contribution in [2.24, 2.45) is 4.99 Å². The molecule has 0 saturated carbocycles. The van der Waals surface area contributed by atoms with E-state index in [1.54, 1.807) is 32.6 Å². The molecule has 0 spiro atoms. The molecule has 136 valence electrons. The third-order valence-electron chi connectivity index (χ3n) is 4.06. The topological polar surface area (TPSA) is 51.0 Å². The molecular weight excluding hydrogens is 338 g/mol. The second kappa shape index (κ2) is 8.72. The quantitative estimate of drug-likeness (QED) is 0.478. The molecule has 0 unspecified atom stereocenters. The summed E-state index contributed by atoms with van der Waals surface area (Å²) in [6.07, 6.45) is 5.70. The first kappa shape index (κ1) is 18.3. The van der Waals surface area contributed by atoms with Gasteiger partial charge in [-0.05, 0) is 47.5 Å². The van der Waals surface area contributed by atoms with Crippen LogP contribution >= 0.6 is 0 Å². The summed E-state index contributed by atoms with van der Waals surface area (Å²) in [6, 6.07) is 20.8. The van der Waals surface area contributed by atoms with Gasteiger partial charge in [0, 0.05) is 11.8 Å². The van der Waals surface area contributed by atoms with Crippen LogP contribution in [-0.4, -0.2) is 25.5 Å². The first-order valence-corrected chi connectivity index (χ1v) is 8.52. The van der Waals surface area contributed by atoms with Crippen LogP contribution < -0.4 is 9.47 Å². The second-order valence-electron chi connectivity index (χ2n) is 5.86. The highest BCUT2D eigenvalue weighted by Crippen LogP contribution is 2.28. The number of hydrogen-bond donors (Lipinski definition) is 1. The maximum absolute atomic E-state index is 9.76. The van der Waals surface area contributed by atoms with Gasteiger partial charge in [-0.15, -0.1) is 0 Å². The number of nitrogens with zero attached hydrogens (tertiary/aromatic N) is 1. The third-order valence-corrected chi connectivity index (χ3v) is 4.06. The summed E-state index contributed by atoms with van der Waals surface area (Å²) in [5.41, 5.74) is 3.59. The largest absolute Gasteiger partial charge is 0.507 e. The fraction of sp³-hybridized carbons (Fsp3) is 0.0870. The monoisotopic (exact) mass is 359 g/mol. The van der Waals surface area contributed by atoms with E-state index in [0.29, 0.717) is 17.1 Å². The van der Waals surface area contributed by atoms with E-state index in [-0.39, 0.29) is 5.75 Å². The standard InChI is InChI=1S/C23H21NO3/c1-26-22-14-11-18(15-23(22)27-2)8-7-17-9-12-20(13-10-17)24-16-19-5-3-4-6-21(19)25/h3-16,25H,1-2H3/b8-7+,24-16?. The van der Waals surface area contributed by atoms with E-state index >= 15 is 0 Å². The van der Waals surface area contributed by atoms with Crippen LogP contribution in [0.1, 0.15) is 16.7 Å². The Hall–Kier alpha value is -3.53. The first-order valence-electron chi connectivity index (χ1n) is 8.52. The number of phenols is 1. The normalized spacial score (nSPS) is 11.2. The zero-order valence-corrected chi connectivity index (χ0v) is 15.3. The molecule has 0 bridgehead atoms. The van der Waals surface area contributed by atoms with E-state index < -0.39 is 0 Å². The average molecular weight is 359 g/mol. The van der Waals surface area contributed by atoms with Crippen molar-refractivity contribution in [3.63, 3.8) is 0 Å². The van der Waals surface area contributed by atoms with Gasteiger partial charge in [-0.2, -0.15) is 0 Å². The van der Waals surface area contributed by atoms with Crippen molar-refractivity contribution in [2.45, 2.75) is 0 Å². The Morgan fingerprint density at radius 2 is 1.44 bits per heavy atom. The van der Waals surface area contributed by atoms with Gasteiger partial charge in [-0.3, -0.25) is 4.99 Å². The molecular formula is C23H21NO3. The number of ether oxygens (including phenoxy) is 2. The van der Waals surface area contributed by atoms with Crippen LogP contribution in [0.2, 0.25) is 0 Å². The minimum Gasteiger partial charge on any atom is -0.507 e. The lowest BCUT2D eigenvalue weighted by Gasteiger charge is -2.07. The maximum Gasteiger partial charge on any atom is 0.161 e. The molecule has 3 aromatic carbocycles. The van der Waals surface area contributed by atoms with Crippen LogP contribution in [0.4, 0.5) is 5.69 Å². The fourth-order valence-electron chi connectivity index (χ4n) is 2.56. The van der Waals surface area contributed by atoms with Gasteiger partial charge in [-0.1, -0.05) is 42.5 Å². The van der Waals surface area contributed by atoms with Gasteiger partial charge in [0.1, 0.15) is 5.75 Å². The molecule has 0 saturated heterocycles. The lowest BCUT2D eigenvalue weighted by Crippen LogP contribution is -1.90. The van der Waals surface area contributed by atoms with Crippen molar-refractivity contribution in [1.29, 1.82) is 0 Å². The van der Waals surface area contributed by atoms with Crippen LogP contribution in [0.25, 0.3) is 12.2 Å². The van der Waals surface area contributed by atoms with Gasteiger partial charge >= 0.3 is 0 Å². The Bertz CT molecular complexity index is 960. The van der Waals surface area contributed by atoms with Gasteiger partial charge in [0.2, 0.25) is 0 Å². The van der Waals surface area contributed by atoms with Crippen molar-refractivity contribution >= 4 is 24.1 Å². The minimum atomic E-state index is 0.218. The highest BCUT2D eigenvalue weighted by molar-refractivity contribution is 5.85. The Morgan fingerprint density at radius 1 is 0.778 bits per heavy atom. The molecule has 4 nitrogen and oxygen atoms in total. The Kier molecular flexibility index (Phi) is 5.90. The lowest BCUT2D eigenvalue weighted by molar-refractivity contribution is 0.355.